The number of nitrogens with one attached hydrogen (secondary N) is 1. The molecule has 0 amide bonds. The molecule has 0 unspecified atom stereocenters. The van der Waals surface area contributed by atoms with Crippen LogP contribution in [-0.2, 0) is 26.2 Å². The van der Waals surface area contributed by atoms with E-state index in [9.17, 15) is 13.2 Å². The normalized spacial score (nSPS) is 11.4. The lowest BCUT2D eigenvalue weighted by molar-refractivity contribution is -0.138. The summed E-state index contributed by atoms with van der Waals surface area (Å²) in [6, 6.07) is 11.9. The van der Waals surface area contributed by atoms with Crippen molar-refractivity contribution in [3.8, 4) is 11.5 Å². The molecule has 0 aromatic heterocycles. The van der Waals surface area contributed by atoms with Gasteiger partial charge in [0.15, 0.2) is 0 Å². The molecule has 150 valence electrons. The zero-order chi connectivity index (χ0) is 20.6. The molecule has 0 spiro atoms. The lowest BCUT2D eigenvalue weighted by Crippen LogP contribution is -2.19. The SMILES string of the molecule is CCOc1ccccc1COC(=O)/C=C/c1ccc(OC)c(S(=O)(=O)NC)c1. The van der Waals surface area contributed by atoms with Crippen LogP contribution in [0.15, 0.2) is 53.4 Å². The summed E-state index contributed by atoms with van der Waals surface area (Å²) in [5.41, 5.74) is 1.28. The van der Waals surface area contributed by atoms with Gasteiger partial charge in [-0.1, -0.05) is 24.3 Å². The smallest absolute Gasteiger partial charge is 0.331 e. The third kappa shape index (κ3) is 5.58. The Morgan fingerprint density at radius 2 is 1.89 bits per heavy atom. The fourth-order valence-corrected chi connectivity index (χ4v) is 3.32. The van der Waals surface area contributed by atoms with Gasteiger partial charge in [-0.2, -0.15) is 0 Å². The number of carbonyl (C=O) groups is 1. The first-order chi connectivity index (χ1) is 13.4. The van der Waals surface area contributed by atoms with Crippen molar-refractivity contribution in [2.45, 2.75) is 18.4 Å². The van der Waals surface area contributed by atoms with Crippen LogP contribution in [0.1, 0.15) is 18.1 Å². The molecule has 8 heteroatoms. The number of hydrogen-bond donors (Lipinski definition) is 1. The fourth-order valence-electron chi connectivity index (χ4n) is 2.40. The van der Waals surface area contributed by atoms with Crippen molar-refractivity contribution in [3.05, 3.63) is 59.7 Å². The van der Waals surface area contributed by atoms with Crippen LogP contribution in [0.3, 0.4) is 0 Å². The van der Waals surface area contributed by atoms with E-state index in [1.54, 1.807) is 6.07 Å². The Bertz CT molecular complexity index is 953. The minimum Gasteiger partial charge on any atom is -0.495 e. The highest BCUT2D eigenvalue weighted by atomic mass is 32.2. The number of benzene rings is 2. The van der Waals surface area contributed by atoms with Crippen LogP contribution >= 0.6 is 0 Å². The molecule has 2 aromatic carbocycles. The van der Waals surface area contributed by atoms with Crippen LogP contribution in [0.25, 0.3) is 6.08 Å². The van der Waals surface area contributed by atoms with Crippen LogP contribution < -0.4 is 14.2 Å². The molecule has 0 heterocycles. The zero-order valence-electron chi connectivity index (χ0n) is 16.0. The van der Waals surface area contributed by atoms with Gasteiger partial charge in [0.25, 0.3) is 0 Å². The van der Waals surface area contributed by atoms with E-state index in [0.29, 0.717) is 17.9 Å². The molecule has 0 aliphatic rings. The fraction of sp³-hybridized carbons (Fsp3) is 0.250. The van der Waals surface area contributed by atoms with Gasteiger partial charge in [-0.15, -0.1) is 0 Å². The molecule has 0 radical (unpaired) electrons. The molecule has 0 bridgehead atoms. The first-order valence-electron chi connectivity index (χ1n) is 8.58. The molecular weight excluding hydrogens is 382 g/mol. The third-order valence-electron chi connectivity index (χ3n) is 3.80. The molecule has 2 rings (SSSR count). The van der Waals surface area contributed by atoms with Gasteiger partial charge in [0.1, 0.15) is 23.0 Å². The predicted octanol–water partition coefficient (Wildman–Crippen LogP) is 2.76. The lowest BCUT2D eigenvalue weighted by Gasteiger charge is -2.10. The molecule has 0 aliphatic carbocycles. The van der Waals surface area contributed by atoms with E-state index in [-0.39, 0.29) is 17.3 Å². The van der Waals surface area contributed by atoms with Gasteiger partial charge in [-0.25, -0.2) is 17.9 Å². The van der Waals surface area contributed by atoms with E-state index in [1.165, 1.54) is 38.4 Å². The minimum absolute atomic E-state index is 0.0151. The number of sulfonamides is 1. The summed E-state index contributed by atoms with van der Waals surface area (Å²) in [5, 5.41) is 0. The molecule has 7 nitrogen and oxygen atoms in total. The summed E-state index contributed by atoms with van der Waals surface area (Å²) in [5.74, 6) is 0.320. The maximum Gasteiger partial charge on any atom is 0.331 e. The maximum absolute atomic E-state index is 12.1. The maximum atomic E-state index is 12.1. The molecule has 0 aliphatic heterocycles. The van der Waals surface area contributed by atoms with Gasteiger partial charge in [-0.05, 0) is 43.8 Å². The van der Waals surface area contributed by atoms with Gasteiger partial charge >= 0.3 is 5.97 Å². The van der Waals surface area contributed by atoms with Crippen molar-refractivity contribution in [1.82, 2.24) is 4.72 Å². The molecule has 28 heavy (non-hydrogen) atoms. The predicted molar refractivity (Wildman–Crippen MR) is 106 cm³/mol. The molecule has 0 fully saturated rings. The number of esters is 1. The second-order valence-corrected chi connectivity index (χ2v) is 7.45. The van der Waals surface area contributed by atoms with Crippen molar-refractivity contribution in [1.29, 1.82) is 0 Å². The van der Waals surface area contributed by atoms with Gasteiger partial charge in [-0.3, -0.25) is 0 Å². The van der Waals surface area contributed by atoms with Gasteiger partial charge in [0.2, 0.25) is 10.0 Å². The quantitative estimate of drug-likeness (QED) is 0.510. The molecule has 0 saturated heterocycles. The first kappa shape index (κ1) is 21.5. The van der Waals surface area contributed by atoms with Gasteiger partial charge < -0.3 is 14.2 Å². The Morgan fingerprint density at radius 1 is 1.14 bits per heavy atom. The largest absolute Gasteiger partial charge is 0.495 e. The summed E-state index contributed by atoms with van der Waals surface area (Å²) >= 11 is 0. The van der Waals surface area contributed by atoms with Crippen LogP contribution in [-0.4, -0.2) is 35.2 Å². The topological polar surface area (TPSA) is 90.9 Å². The molecule has 2 aromatic rings. The summed E-state index contributed by atoms with van der Waals surface area (Å²) < 4.78 is 42.3. The van der Waals surface area contributed by atoms with E-state index in [1.807, 2.05) is 31.2 Å². The highest BCUT2D eigenvalue weighted by Gasteiger charge is 2.17. The summed E-state index contributed by atoms with van der Waals surface area (Å²) in [4.78, 5) is 12.0. The van der Waals surface area contributed by atoms with Crippen molar-refractivity contribution < 1.29 is 27.4 Å². The van der Waals surface area contributed by atoms with Gasteiger partial charge in [0, 0.05) is 11.6 Å². The van der Waals surface area contributed by atoms with E-state index >= 15 is 0 Å². The van der Waals surface area contributed by atoms with E-state index in [0.717, 1.165) is 5.56 Å². The third-order valence-corrected chi connectivity index (χ3v) is 5.24. The van der Waals surface area contributed by atoms with Crippen molar-refractivity contribution in [2.24, 2.45) is 0 Å². The zero-order valence-corrected chi connectivity index (χ0v) is 16.8. The average molecular weight is 405 g/mol. The second-order valence-electron chi connectivity index (χ2n) is 5.60. The van der Waals surface area contributed by atoms with Crippen LogP contribution in [0.5, 0.6) is 11.5 Å². The summed E-state index contributed by atoms with van der Waals surface area (Å²) in [6.07, 6.45) is 2.71. The molecular formula is C20H23NO6S. The molecule has 0 atom stereocenters. The van der Waals surface area contributed by atoms with E-state index in [2.05, 4.69) is 4.72 Å². The Hall–Kier alpha value is -2.84. The van der Waals surface area contributed by atoms with Crippen LogP contribution in [0.4, 0.5) is 0 Å². The van der Waals surface area contributed by atoms with Crippen LogP contribution in [0, 0.1) is 0 Å². The first-order valence-corrected chi connectivity index (χ1v) is 10.1. The number of rotatable bonds is 9. The van der Waals surface area contributed by atoms with Gasteiger partial charge in [0.05, 0.1) is 13.7 Å². The number of para-hydroxylation sites is 1. The van der Waals surface area contributed by atoms with Crippen molar-refractivity contribution in [2.75, 3.05) is 20.8 Å². The van der Waals surface area contributed by atoms with Crippen LogP contribution in [0.2, 0.25) is 0 Å². The Balaban J connectivity index is 2.09. The van der Waals surface area contributed by atoms with E-state index in [4.69, 9.17) is 14.2 Å². The lowest BCUT2D eigenvalue weighted by atomic mass is 10.2. The molecule has 1 N–H and O–H groups in total. The Morgan fingerprint density at radius 3 is 2.57 bits per heavy atom. The number of methoxy groups -OCH3 is 1. The van der Waals surface area contributed by atoms with Crippen molar-refractivity contribution >= 4 is 22.1 Å². The highest BCUT2D eigenvalue weighted by molar-refractivity contribution is 7.89. The van der Waals surface area contributed by atoms with Crippen molar-refractivity contribution in [3.63, 3.8) is 0 Å². The molecule has 0 saturated carbocycles. The average Bonchev–Trinajstić information content (AvgIpc) is 2.71. The monoisotopic (exact) mass is 405 g/mol. The number of carbonyl (C=O) groups excluding carboxylic acids is 1. The number of hydrogen-bond acceptors (Lipinski definition) is 6. The second kappa shape index (κ2) is 9.91. The Kier molecular flexibility index (Phi) is 7.60. The van der Waals surface area contributed by atoms with E-state index < -0.39 is 16.0 Å². The Labute approximate surface area is 165 Å². The minimum atomic E-state index is -3.70. The number of ether oxygens (including phenoxy) is 3. The highest BCUT2D eigenvalue weighted by Crippen LogP contribution is 2.25. The summed E-state index contributed by atoms with van der Waals surface area (Å²) in [7, 11) is -0.997. The summed E-state index contributed by atoms with van der Waals surface area (Å²) in [6.45, 7) is 2.46. The standard InChI is InChI=1S/C20H23NO6S/c1-4-26-17-8-6-5-7-16(17)14-27-20(22)12-10-15-9-11-18(25-3)19(13-15)28(23,24)21-2/h5-13,21H,4,14H2,1-3H3/b12-10+.